The molecule has 31 heavy (non-hydrogen) atoms. The fourth-order valence-electron chi connectivity index (χ4n) is 3.98. The first-order chi connectivity index (χ1) is 15.0. The van der Waals surface area contributed by atoms with Crippen LogP contribution in [0.5, 0.6) is 0 Å². The maximum Gasteiger partial charge on any atom is 0.262 e. The Labute approximate surface area is 177 Å². The minimum Gasteiger partial charge on any atom is -0.384 e. The Bertz CT molecular complexity index is 1440. The number of nitrogens with zero attached hydrogens (tertiary/aromatic N) is 2. The van der Waals surface area contributed by atoms with Gasteiger partial charge in [-0.1, -0.05) is 42.5 Å². The number of nitrogens with two attached hydrogens (primary N) is 1. The Hall–Kier alpha value is -4.26. The van der Waals surface area contributed by atoms with Gasteiger partial charge in [-0.2, -0.15) is 0 Å². The summed E-state index contributed by atoms with van der Waals surface area (Å²) in [6.07, 6.45) is 1.29. The molecular formula is C24H18N4O3. The summed E-state index contributed by atoms with van der Waals surface area (Å²) in [5, 5.41) is 3.27. The van der Waals surface area contributed by atoms with Crippen molar-refractivity contribution in [1.29, 1.82) is 0 Å². The van der Waals surface area contributed by atoms with Crippen molar-refractivity contribution >= 4 is 28.5 Å². The Balaban J connectivity index is 1.53. The van der Waals surface area contributed by atoms with E-state index < -0.39 is 17.4 Å². The molecule has 0 aliphatic carbocycles. The summed E-state index contributed by atoms with van der Waals surface area (Å²) in [5.41, 5.74) is 9.13. The van der Waals surface area contributed by atoms with E-state index >= 15 is 0 Å². The number of imide groups is 1. The molecule has 2 aromatic carbocycles. The lowest BCUT2D eigenvalue weighted by Crippen LogP contribution is -2.25. The van der Waals surface area contributed by atoms with Crippen molar-refractivity contribution in [3.63, 3.8) is 0 Å². The second-order valence-electron chi connectivity index (χ2n) is 7.40. The van der Waals surface area contributed by atoms with Gasteiger partial charge in [0.2, 0.25) is 0 Å². The van der Waals surface area contributed by atoms with Crippen molar-refractivity contribution in [3.05, 3.63) is 99.5 Å². The van der Waals surface area contributed by atoms with E-state index in [9.17, 15) is 14.4 Å². The molecular weight excluding hydrogens is 392 g/mol. The van der Waals surface area contributed by atoms with E-state index in [1.54, 1.807) is 12.1 Å². The first kappa shape index (κ1) is 18.7. The number of nitrogen functional groups attached to an aromatic ring is 1. The number of aryl methyl sites for hydroxylation is 2. The second kappa shape index (κ2) is 7.21. The molecule has 0 atom stereocenters. The Kier molecular flexibility index (Phi) is 4.36. The third-order valence-electron chi connectivity index (χ3n) is 5.49. The molecule has 0 unspecified atom stereocenters. The van der Waals surface area contributed by atoms with Gasteiger partial charge in [0.15, 0.2) is 0 Å². The van der Waals surface area contributed by atoms with Gasteiger partial charge in [0.1, 0.15) is 5.82 Å². The topological polar surface area (TPSA) is 107 Å². The van der Waals surface area contributed by atoms with Crippen LogP contribution >= 0.6 is 0 Å². The molecule has 152 valence electrons. The van der Waals surface area contributed by atoms with E-state index in [0.29, 0.717) is 18.5 Å². The first-order valence-electron chi connectivity index (χ1n) is 9.87. The Morgan fingerprint density at radius 3 is 2.52 bits per heavy atom. The normalized spacial score (nSPS) is 12.8. The number of benzene rings is 2. The quantitative estimate of drug-likeness (QED) is 0.503. The van der Waals surface area contributed by atoms with E-state index in [1.807, 2.05) is 48.5 Å². The number of para-hydroxylation sites is 2. The van der Waals surface area contributed by atoms with E-state index in [4.69, 9.17) is 10.7 Å². The fraction of sp³-hybridized carbons (Fsp3) is 0.0833. The van der Waals surface area contributed by atoms with Gasteiger partial charge in [0.05, 0.1) is 22.3 Å². The minimum atomic E-state index is -0.605. The fourth-order valence-corrected chi connectivity index (χ4v) is 3.98. The highest BCUT2D eigenvalue weighted by molar-refractivity contribution is 6.23. The van der Waals surface area contributed by atoms with Crippen molar-refractivity contribution in [2.24, 2.45) is 0 Å². The number of anilines is 1. The number of pyridine rings is 2. The van der Waals surface area contributed by atoms with Gasteiger partial charge in [-0.25, -0.2) is 0 Å². The number of rotatable bonds is 4. The molecule has 1 aliphatic rings. The molecule has 0 saturated carbocycles. The van der Waals surface area contributed by atoms with Crippen LogP contribution in [0.15, 0.2) is 71.5 Å². The van der Waals surface area contributed by atoms with Crippen LogP contribution in [0, 0.1) is 0 Å². The molecule has 1 aliphatic heterocycles. The third-order valence-corrected chi connectivity index (χ3v) is 5.49. The number of nitrogens with one attached hydrogen (secondary N) is 1. The van der Waals surface area contributed by atoms with Crippen LogP contribution in [-0.4, -0.2) is 21.4 Å². The maximum atomic E-state index is 12.8. The van der Waals surface area contributed by atoms with Crippen LogP contribution in [-0.2, 0) is 12.8 Å². The van der Waals surface area contributed by atoms with Gasteiger partial charge < -0.3 is 5.73 Å². The molecule has 0 saturated heterocycles. The molecule has 3 N–H and O–H groups in total. The number of carbonyl (C=O) groups excluding carboxylic acids is 2. The van der Waals surface area contributed by atoms with Gasteiger partial charge in [0, 0.05) is 17.1 Å². The molecule has 0 radical (unpaired) electrons. The molecule has 5 rings (SSSR count). The van der Waals surface area contributed by atoms with Crippen molar-refractivity contribution in [2.75, 3.05) is 5.73 Å². The molecule has 7 heteroatoms. The lowest BCUT2D eigenvalue weighted by molar-refractivity contribution is 0.0880. The van der Waals surface area contributed by atoms with Crippen molar-refractivity contribution in [1.82, 2.24) is 14.9 Å². The number of hydrogen-bond acceptors (Lipinski definition) is 5. The molecule has 4 aromatic rings. The number of fused-ring (bicyclic) bond motifs is 2. The van der Waals surface area contributed by atoms with Gasteiger partial charge >= 0.3 is 0 Å². The smallest absolute Gasteiger partial charge is 0.262 e. The number of carbonyl (C=O) groups is 2. The van der Waals surface area contributed by atoms with Crippen LogP contribution in [0.4, 0.5) is 5.82 Å². The number of hydrogen-bond donors (Lipinski definition) is 2. The summed E-state index contributed by atoms with van der Waals surface area (Å²) in [7, 11) is 0. The van der Waals surface area contributed by atoms with Crippen LogP contribution in [0.3, 0.4) is 0 Å². The van der Waals surface area contributed by atoms with Crippen LogP contribution in [0.2, 0.25) is 0 Å². The Morgan fingerprint density at radius 2 is 1.65 bits per heavy atom. The van der Waals surface area contributed by atoms with Crippen molar-refractivity contribution in [3.8, 4) is 5.69 Å². The highest BCUT2D eigenvalue weighted by atomic mass is 16.2. The zero-order chi connectivity index (χ0) is 21.5. The van der Waals surface area contributed by atoms with Crippen molar-refractivity contribution < 1.29 is 9.59 Å². The summed E-state index contributed by atoms with van der Waals surface area (Å²) in [6.45, 7) is 0. The highest BCUT2D eigenvalue weighted by Crippen LogP contribution is 2.25. The summed E-state index contributed by atoms with van der Waals surface area (Å²) >= 11 is 0. The van der Waals surface area contributed by atoms with E-state index in [0.717, 1.165) is 28.2 Å². The lowest BCUT2D eigenvalue weighted by atomic mass is 10.0. The maximum absolute atomic E-state index is 12.8. The second-order valence-corrected chi connectivity index (χ2v) is 7.40. The van der Waals surface area contributed by atoms with Gasteiger partial charge in [0.25, 0.3) is 17.4 Å². The zero-order valence-corrected chi connectivity index (χ0v) is 16.5. The monoisotopic (exact) mass is 410 g/mol. The predicted molar refractivity (Wildman–Crippen MR) is 117 cm³/mol. The van der Waals surface area contributed by atoms with Gasteiger partial charge in [-0.05, 0) is 36.6 Å². The van der Waals surface area contributed by atoms with E-state index in [1.165, 1.54) is 4.57 Å². The average Bonchev–Trinajstić information content (AvgIpc) is 3.06. The molecule has 0 fully saturated rings. The summed E-state index contributed by atoms with van der Waals surface area (Å²) in [4.78, 5) is 41.6. The zero-order valence-electron chi connectivity index (χ0n) is 16.5. The van der Waals surface area contributed by atoms with Gasteiger partial charge in [-0.3, -0.25) is 29.3 Å². The summed E-state index contributed by atoms with van der Waals surface area (Å²) < 4.78 is 1.29. The standard InChI is InChI=1S/C24H18N4O3/c25-22-21-17(23(30)27-24(21)31)13-20(29)28(22)19-8-4-2-6-15(19)10-12-16-11-9-14-5-1-3-7-18(14)26-16/h1-9,11,13H,10,12,25H2,(H,27,30,31). The molecule has 2 amide bonds. The number of amides is 2. The van der Waals surface area contributed by atoms with Crippen LogP contribution in [0.25, 0.3) is 16.6 Å². The molecule has 0 bridgehead atoms. The molecule has 0 spiro atoms. The van der Waals surface area contributed by atoms with Crippen LogP contribution < -0.4 is 16.6 Å². The minimum absolute atomic E-state index is 0.0154. The SMILES string of the molecule is Nc1c2c(cc(=O)n1-c1ccccc1CCc1ccc3ccccc3n1)C(=O)NC2=O. The summed E-state index contributed by atoms with van der Waals surface area (Å²) in [6, 6.07) is 20.5. The highest BCUT2D eigenvalue weighted by Gasteiger charge is 2.32. The predicted octanol–water partition coefficient (Wildman–Crippen LogP) is 2.64. The van der Waals surface area contributed by atoms with E-state index in [-0.39, 0.29) is 16.9 Å². The van der Waals surface area contributed by atoms with Gasteiger partial charge in [-0.15, -0.1) is 0 Å². The first-order valence-corrected chi connectivity index (χ1v) is 9.87. The largest absolute Gasteiger partial charge is 0.384 e. The van der Waals surface area contributed by atoms with Crippen molar-refractivity contribution in [2.45, 2.75) is 12.8 Å². The van der Waals surface area contributed by atoms with E-state index in [2.05, 4.69) is 5.32 Å². The summed E-state index contributed by atoms with van der Waals surface area (Å²) in [5.74, 6) is -1.24. The molecule has 2 aromatic heterocycles. The average molecular weight is 410 g/mol. The lowest BCUT2D eigenvalue weighted by Gasteiger charge is -2.15. The van der Waals surface area contributed by atoms with Crippen LogP contribution in [0.1, 0.15) is 32.0 Å². The Morgan fingerprint density at radius 1 is 0.871 bits per heavy atom. The molecule has 7 nitrogen and oxygen atoms in total. The molecule has 3 heterocycles. The third kappa shape index (κ3) is 3.16. The number of aromatic nitrogens is 2.